The molecule has 2 amide bonds. The molecule has 0 saturated carbocycles. The van der Waals surface area contributed by atoms with E-state index in [1.807, 2.05) is 0 Å². The number of methoxy groups -OCH3 is 2. The van der Waals surface area contributed by atoms with E-state index in [-0.39, 0.29) is 12.5 Å². The number of amidine groups is 1. The number of aliphatic imine (C=N–C) groups is 1. The normalized spacial score (nSPS) is 15.0. The van der Waals surface area contributed by atoms with Crippen molar-refractivity contribution in [1.82, 2.24) is 5.32 Å². The average Bonchev–Trinajstić information content (AvgIpc) is 3.24. The maximum atomic E-state index is 13.0. The molecule has 37 heavy (non-hydrogen) atoms. The topological polar surface area (TPSA) is 98.2 Å². The molecule has 0 spiro atoms. The quantitative estimate of drug-likeness (QED) is 0.338. The summed E-state index contributed by atoms with van der Waals surface area (Å²) >= 11 is 4.70. The monoisotopic (exact) mass is 585 g/mol. The van der Waals surface area contributed by atoms with E-state index in [4.69, 9.17) is 14.2 Å². The molecule has 4 rings (SSSR count). The number of benzene rings is 3. The summed E-state index contributed by atoms with van der Waals surface area (Å²) in [5.74, 6) is 0.330. The second kappa shape index (κ2) is 11.9. The summed E-state index contributed by atoms with van der Waals surface area (Å²) in [5, 5.41) is 5.84. The molecule has 1 saturated heterocycles. The Labute approximate surface area is 225 Å². The number of nitrogens with zero attached hydrogens (tertiary/aromatic N) is 1. The molecule has 0 radical (unpaired) electrons. The van der Waals surface area contributed by atoms with E-state index in [2.05, 4.69) is 31.6 Å². The van der Waals surface area contributed by atoms with Crippen LogP contribution >= 0.6 is 27.7 Å². The van der Waals surface area contributed by atoms with E-state index in [1.165, 1.54) is 43.1 Å². The Morgan fingerprint density at radius 2 is 1.81 bits per heavy atom. The molecule has 3 aromatic carbocycles. The largest absolute Gasteiger partial charge is 0.497 e. The number of halogens is 2. The van der Waals surface area contributed by atoms with Crippen molar-refractivity contribution in [3.05, 3.63) is 81.4 Å². The van der Waals surface area contributed by atoms with E-state index in [0.29, 0.717) is 48.7 Å². The Kier molecular flexibility index (Phi) is 8.47. The molecule has 1 fully saturated rings. The van der Waals surface area contributed by atoms with E-state index < -0.39 is 11.7 Å². The van der Waals surface area contributed by atoms with Crippen molar-refractivity contribution in [3.63, 3.8) is 0 Å². The van der Waals surface area contributed by atoms with Gasteiger partial charge in [-0.05, 0) is 84.1 Å². The Morgan fingerprint density at radius 1 is 1.08 bits per heavy atom. The SMILES string of the molecule is COc1ccc(N=C2NC(=O)/C(=C\c3cc(OC)c(OCC(=O)Nc4ccc(F)cc4)cc3Br)S2)cc1. The lowest BCUT2D eigenvalue weighted by Gasteiger charge is -2.13. The standard InChI is InChI=1S/C26H21BrFN3O5S/c1-34-19-9-7-18(8-10-19)30-26-31-25(33)23(37-26)12-15-11-21(35-2)22(13-20(15)27)36-14-24(32)29-17-5-3-16(28)4-6-17/h3-13H,14H2,1-2H3,(H,29,32)(H,30,31,33)/b23-12+. The van der Waals surface area contributed by atoms with Crippen molar-refractivity contribution in [1.29, 1.82) is 0 Å². The van der Waals surface area contributed by atoms with Crippen LogP contribution in [0.1, 0.15) is 5.56 Å². The summed E-state index contributed by atoms with van der Waals surface area (Å²) < 4.78 is 29.9. The third kappa shape index (κ3) is 6.89. The van der Waals surface area contributed by atoms with Gasteiger partial charge in [0, 0.05) is 10.2 Å². The lowest BCUT2D eigenvalue weighted by atomic mass is 10.2. The maximum Gasteiger partial charge on any atom is 0.264 e. The number of hydrogen-bond donors (Lipinski definition) is 2. The van der Waals surface area contributed by atoms with Crippen LogP contribution in [0.2, 0.25) is 0 Å². The summed E-state index contributed by atoms with van der Waals surface area (Å²) in [5.41, 5.74) is 1.80. The average molecular weight is 586 g/mol. The van der Waals surface area contributed by atoms with Crippen LogP contribution in [0.15, 0.2) is 75.0 Å². The van der Waals surface area contributed by atoms with Crippen LogP contribution in [-0.2, 0) is 9.59 Å². The second-order valence-electron chi connectivity index (χ2n) is 7.55. The molecule has 0 aliphatic carbocycles. The van der Waals surface area contributed by atoms with Gasteiger partial charge in [0.1, 0.15) is 11.6 Å². The van der Waals surface area contributed by atoms with Crippen LogP contribution in [0.3, 0.4) is 0 Å². The van der Waals surface area contributed by atoms with E-state index in [9.17, 15) is 14.0 Å². The van der Waals surface area contributed by atoms with E-state index >= 15 is 0 Å². The zero-order chi connectivity index (χ0) is 26.4. The number of amides is 2. The molecule has 0 bridgehead atoms. The fourth-order valence-corrected chi connectivity index (χ4v) is 4.47. The predicted octanol–water partition coefficient (Wildman–Crippen LogP) is 5.51. The van der Waals surface area contributed by atoms with Crippen LogP contribution < -0.4 is 24.8 Å². The molecule has 1 heterocycles. The molecule has 0 aromatic heterocycles. The first kappa shape index (κ1) is 26.2. The predicted molar refractivity (Wildman–Crippen MR) is 145 cm³/mol. The van der Waals surface area contributed by atoms with Gasteiger partial charge in [-0.1, -0.05) is 15.9 Å². The van der Waals surface area contributed by atoms with Crippen LogP contribution in [0, 0.1) is 5.82 Å². The van der Waals surface area contributed by atoms with Gasteiger partial charge in [0.05, 0.1) is 24.8 Å². The lowest BCUT2D eigenvalue weighted by Crippen LogP contribution is -2.20. The first-order valence-electron chi connectivity index (χ1n) is 10.8. The summed E-state index contributed by atoms with van der Waals surface area (Å²) in [4.78, 5) is 29.7. The molecule has 1 aliphatic heterocycles. The van der Waals surface area contributed by atoms with Gasteiger partial charge in [-0.3, -0.25) is 9.59 Å². The minimum absolute atomic E-state index is 0.277. The number of carbonyl (C=O) groups is 2. The van der Waals surface area contributed by atoms with Crippen molar-refractivity contribution in [3.8, 4) is 17.2 Å². The molecule has 0 unspecified atom stereocenters. The van der Waals surface area contributed by atoms with Crippen molar-refractivity contribution in [2.45, 2.75) is 0 Å². The van der Waals surface area contributed by atoms with Gasteiger partial charge in [0.15, 0.2) is 23.3 Å². The molecule has 0 atom stereocenters. The number of ether oxygens (including phenoxy) is 3. The van der Waals surface area contributed by atoms with Crippen LogP contribution in [0.4, 0.5) is 15.8 Å². The molecule has 190 valence electrons. The zero-order valence-electron chi connectivity index (χ0n) is 19.7. The lowest BCUT2D eigenvalue weighted by molar-refractivity contribution is -0.118. The molecular formula is C26H21BrFN3O5S. The summed E-state index contributed by atoms with van der Waals surface area (Å²) in [6.07, 6.45) is 1.70. The highest BCUT2D eigenvalue weighted by Crippen LogP contribution is 2.37. The van der Waals surface area contributed by atoms with Gasteiger partial charge in [-0.25, -0.2) is 9.38 Å². The van der Waals surface area contributed by atoms with E-state index in [1.54, 1.807) is 49.6 Å². The third-order valence-corrected chi connectivity index (χ3v) is 6.61. The van der Waals surface area contributed by atoms with Gasteiger partial charge in [-0.15, -0.1) is 0 Å². The van der Waals surface area contributed by atoms with Gasteiger partial charge in [0.25, 0.3) is 11.8 Å². The van der Waals surface area contributed by atoms with Crippen molar-refractivity contribution in [2.75, 3.05) is 26.1 Å². The number of rotatable bonds is 8. The highest BCUT2D eigenvalue weighted by Gasteiger charge is 2.24. The maximum absolute atomic E-state index is 13.0. The first-order valence-corrected chi connectivity index (χ1v) is 12.4. The van der Waals surface area contributed by atoms with Crippen molar-refractivity contribution >= 4 is 62.1 Å². The molecule has 3 aromatic rings. The number of hydrogen-bond acceptors (Lipinski definition) is 7. The molecule has 8 nitrogen and oxygen atoms in total. The number of thioether (sulfide) groups is 1. The molecule has 11 heteroatoms. The number of carbonyl (C=O) groups excluding carboxylic acids is 2. The van der Waals surface area contributed by atoms with Crippen molar-refractivity contribution < 1.29 is 28.2 Å². The smallest absolute Gasteiger partial charge is 0.264 e. The van der Waals surface area contributed by atoms with Crippen LogP contribution in [0.5, 0.6) is 17.2 Å². The van der Waals surface area contributed by atoms with Gasteiger partial charge in [0.2, 0.25) is 0 Å². The van der Waals surface area contributed by atoms with Gasteiger partial charge < -0.3 is 24.8 Å². The third-order valence-electron chi connectivity index (χ3n) is 5.01. The second-order valence-corrected chi connectivity index (χ2v) is 9.43. The van der Waals surface area contributed by atoms with Gasteiger partial charge in [-0.2, -0.15) is 0 Å². The minimum atomic E-state index is -0.418. The highest BCUT2D eigenvalue weighted by molar-refractivity contribution is 9.10. The van der Waals surface area contributed by atoms with Crippen molar-refractivity contribution in [2.24, 2.45) is 4.99 Å². The summed E-state index contributed by atoms with van der Waals surface area (Å²) in [6.45, 7) is -0.288. The summed E-state index contributed by atoms with van der Waals surface area (Å²) in [7, 11) is 3.06. The molecule has 1 aliphatic rings. The highest BCUT2D eigenvalue weighted by atomic mass is 79.9. The fraction of sp³-hybridized carbons (Fsp3) is 0.115. The Balaban J connectivity index is 1.45. The van der Waals surface area contributed by atoms with Crippen LogP contribution in [-0.4, -0.2) is 37.8 Å². The molecular weight excluding hydrogens is 565 g/mol. The summed E-state index contributed by atoms with van der Waals surface area (Å²) in [6, 6.07) is 15.9. The number of anilines is 1. The Bertz CT molecular complexity index is 1380. The van der Waals surface area contributed by atoms with E-state index in [0.717, 1.165) is 0 Å². The fourth-order valence-electron chi connectivity index (χ4n) is 3.20. The number of nitrogens with one attached hydrogen (secondary N) is 2. The van der Waals surface area contributed by atoms with Gasteiger partial charge >= 0.3 is 0 Å². The minimum Gasteiger partial charge on any atom is -0.497 e. The Morgan fingerprint density at radius 3 is 2.49 bits per heavy atom. The first-order chi connectivity index (χ1) is 17.8. The Hall–Kier alpha value is -3.83. The molecule has 2 N–H and O–H groups in total. The van der Waals surface area contributed by atoms with Crippen LogP contribution in [0.25, 0.3) is 6.08 Å². The zero-order valence-corrected chi connectivity index (χ0v) is 22.1.